The molecule has 5 atom stereocenters. The maximum absolute atomic E-state index is 11.6. The smallest absolute Gasteiger partial charge is 0.384 e. The summed E-state index contributed by atoms with van der Waals surface area (Å²) >= 11 is 1.31. The van der Waals surface area contributed by atoms with Crippen LogP contribution in [0.25, 0.3) is 0 Å². The van der Waals surface area contributed by atoms with Gasteiger partial charge in [-0.05, 0) is 62.0 Å². The summed E-state index contributed by atoms with van der Waals surface area (Å²) in [7, 11) is 0. The highest BCUT2D eigenvalue weighted by Gasteiger charge is 2.53. The van der Waals surface area contributed by atoms with E-state index in [1.54, 1.807) is 19.1 Å². The second-order valence-electron chi connectivity index (χ2n) is 8.44. The molecule has 0 bridgehead atoms. The minimum atomic E-state index is -0.451. The van der Waals surface area contributed by atoms with E-state index in [0.29, 0.717) is 18.4 Å². The molecule has 7 heteroatoms. The molecule has 0 amide bonds. The molecular weight excluding hydrogens is 402 g/mol. The van der Waals surface area contributed by atoms with Crippen molar-refractivity contribution in [1.29, 1.82) is 0 Å². The number of hydrogen-bond acceptors (Lipinski definition) is 6. The van der Waals surface area contributed by atoms with Gasteiger partial charge in [0.2, 0.25) is 0 Å². The standard InChI is InChI=1S/C23H29NO5S/c1-4-28-22(25)14-7-16(2)19-12-13-20-21(6-5-15-23(19,20)3)29-30-18-10-8-17(9-11-18)24(26)27/h8-11,16,19-21H,4-6,12-13,15H2,1-3H3/t16-,19-,20+,21+,23-/m1/s1. The molecule has 2 aliphatic rings. The molecular formula is C23H29NO5S. The van der Waals surface area contributed by atoms with Crippen molar-refractivity contribution in [3.05, 3.63) is 34.4 Å². The lowest BCUT2D eigenvalue weighted by atomic mass is 9.62. The fourth-order valence-electron chi connectivity index (χ4n) is 5.28. The van der Waals surface area contributed by atoms with Crippen molar-refractivity contribution < 1.29 is 18.6 Å². The van der Waals surface area contributed by atoms with Crippen LogP contribution in [0.3, 0.4) is 0 Å². The summed E-state index contributed by atoms with van der Waals surface area (Å²) in [4.78, 5) is 22.9. The van der Waals surface area contributed by atoms with Crippen LogP contribution in [0.15, 0.2) is 29.2 Å². The van der Waals surface area contributed by atoms with E-state index in [0.717, 1.165) is 37.0 Å². The van der Waals surface area contributed by atoms with Gasteiger partial charge < -0.3 is 8.92 Å². The molecule has 2 saturated carbocycles. The van der Waals surface area contributed by atoms with E-state index in [1.807, 2.05) is 0 Å². The van der Waals surface area contributed by atoms with Crippen LogP contribution in [0.2, 0.25) is 0 Å². The minimum Gasteiger partial charge on any atom is -0.456 e. The number of nitro benzene ring substituents is 1. The summed E-state index contributed by atoms with van der Waals surface area (Å²) in [6, 6.07) is 6.48. The first-order chi connectivity index (χ1) is 14.3. The predicted molar refractivity (Wildman–Crippen MR) is 116 cm³/mol. The van der Waals surface area contributed by atoms with Gasteiger partial charge in [0.05, 0.1) is 17.6 Å². The number of rotatable bonds is 6. The molecule has 1 aromatic carbocycles. The van der Waals surface area contributed by atoms with Crippen LogP contribution in [0, 0.1) is 45.1 Å². The summed E-state index contributed by atoms with van der Waals surface area (Å²) in [5.74, 6) is 6.34. The normalized spacial score (nSPS) is 28.7. The van der Waals surface area contributed by atoms with E-state index in [1.165, 1.54) is 24.2 Å². The van der Waals surface area contributed by atoms with Crippen LogP contribution in [0.4, 0.5) is 5.69 Å². The molecule has 1 aromatic rings. The number of non-ortho nitro benzene ring substituents is 1. The Labute approximate surface area is 182 Å². The highest BCUT2D eigenvalue weighted by atomic mass is 32.2. The largest absolute Gasteiger partial charge is 0.456 e. The number of esters is 1. The molecule has 0 radical (unpaired) electrons. The number of carbonyl (C=O) groups is 1. The van der Waals surface area contributed by atoms with E-state index in [-0.39, 0.29) is 23.1 Å². The van der Waals surface area contributed by atoms with Crippen molar-refractivity contribution in [2.75, 3.05) is 6.61 Å². The summed E-state index contributed by atoms with van der Waals surface area (Å²) in [6.07, 6.45) is 5.61. The third-order valence-electron chi connectivity index (χ3n) is 6.73. The monoisotopic (exact) mass is 431 g/mol. The molecule has 0 aromatic heterocycles. The third-order valence-corrected chi connectivity index (χ3v) is 7.54. The SMILES string of the molecule is CCOC(=O)C#C[C@@H](C)[C@H]1CC[C@H]2[C@@H](OSc3ccc([N+](=O)[O-])cc3)CCC[C@]12C. The topological polar surface area (TPSA) is 78.7 Å². The number of nitrogens with zero attached hydrogens (tertiary/aromatic N) is 1. The molecule has 0 spiro atoms. The van der Waals surface area contributed by atoms with E-state index >= 15 is 0 Å². The van der Waals surface area contributed by atoms with E-state index in [9.17, 15) is 14.9 Å². The number of nitro groups is 1. The molecule has 6 nitrogen and oxygen atoms in total. The van der Waals surface area contributed by atoms with Crippen LogP contribution in [-0.2, 0) is 13.7 Å². The van der Waals surface area contributed by atoms with Gasteiger partial charge in [0.15, 0.2) is 0 Å². The molecule has 0 aliphatic heterocycles. The van der Waals surface area contributed by atoms with Crippen LogP contribution in [0.1, 0.15) is 52.9 Å². The van der Waals surface area contributed by atoms with Gasteiger partial charge in [-0.25, -0.2) is 4.79 Å². The number of ether oxygens (including phenoxy) is 1. The Hall–Kier alpha value is -2.04. The number of carbonyl (C=O) groups excluding carboxylic acids is 1. The Balaban J connectivity index is 1.63. The van der Waals surface area contributed by atoms with Crippen LogP contribution in [0.5, 0.6) is 0 Å². The van der Waals surface area contributed by atoms with E-state index in [4.69, 9.17) is 8.92 Å². The van der Waals surface area contributed by atoms with Gasteiger partial charge in [0, 0.05) is 40.9 Å². The van der Waals surface area contributed by atoms with Gasteiger partial charge in [-0.1, -0.05) is 26.2 Å². The van der Waals surface area contributed by atoms with Gasteiger partial charge >= 0.3 is 5.97 Å². The van der Waals surface area contributed by atoms with E-state index < -0.39 is 10.9 Å². The van der Waals surface area contributed by atoms with Crippen molar-refractivity contribution in [3.8, 4) is 11.8 Å². The zero-order valence-electron chi connectivity index (χ0n) is 17.8. The fraction of sp³-hybridized carbons (Fsp3) is 0.609. The average Bonchev–Trinajstić information content (AvgIpc) is 3.08. The highest BCUT2D eigenvalue weighted by molar-refractivity contribution is 7.94. The summed E-state index contributed by atoms with van der Waals surface area (Å²) in [5, 5.41) is 10.8. The minimum absolute atomic E-state index is 0.0844. The molecule has 30 heavy (non-hydrogen) atoms. The van der Waals surface area contributed by atoms with Crippen molar-refractivity contribution in [1.82, 2.24) is 0 Å². The molecule has 0 unspecified atom stereocenters. The van der Waals surface area contributed by atoms with Crippen molar-refractivity contribution in [3.63, 3.8) is 0 Å². The fourth-order valence-corrected chi connectivity index (χ4v) is 5.99. The Bertz CT molecular complexity index is 830. The highest BCUT2D eigenvalue weighted by Crippen LogP contribution is 2.58. The lowest BCUT2D eigenvalue weighted by Crippen LogP contribution is -2.41. The molecule has 0 N–H and O–H groups in total. The first-order valence-corrected chi connectivity index (χ1v) is 11.4. The molecule has 3 rings (SSSR count). The van der Waals surface area contributed by atoms with Gasteiger partial charge in [0.1, 0.15) is 0 Å². The predicted octanol–water partition coefficient (Wildman–Crippen LogP) is 5.41. The second kappa shape index (κ2) is 9.84. The maximum Gasteiger partial charge on any atom is 0.384 e. The quantitative estimate of drug-likeness (QED) is 0.150. The number of hydrogen-bond donors (Lipinski definition) is 0. The molecule has 0 heterocycles. The molecule has 2 fully saturated rings. The number of fused-ring (bicyclic) bond motifs is 1. The van der Waals surface area contributed by atoms with Gasteiger partial charge in [-0.3, -0.25) is 10.1 Å². The lowest BCUT2D eigenvalue weighted by molar-refractivity contribution is -0.384. The molecule has 2 aliphatic carbocycles. The van der Waals surface area contributed by atoms with Crippen LogP contribution in [-0.4, -0.2) is 23.6 Å². The Morgan fingerprint density at radius 3 is 2.73 bits per heavy atom. The van der Waals surface area contributed by atoms with Crippen LogP contribution >= 0.6 is 12.0 Å². The Morgan fingerprint density at radius 2 is 2.07 bits per heavy atom. The summed E-state index contributed by atoms with van der Waals surface area (Å²) < 4.78 is 11.2. The molecule has 162 valence electrons. The maximum atomic E-state index is 11.6. The zero-order valence-corrected chi connectivity index (χ0v) is 18.6. The molecule has 0 saturated heterocycles. The number of benzene rings is 1. The van der Waals surface area contributed by atoms with Crippen molar-refractivity contribution in [2.24, 2.45) is 23.2 Å². The first kappa shape index (κ1) is 22.6. The van der Waals surface area contributed by atoms with Crippen LogP contribution < -0.4 is 0 Å². The summed E-state index contributed by atoms with van der Waals surface area (Å²) in [6.45, 7) is 6.59. The van der Waals surface area contributed by atoms with Gasteiger partial charge in [-0.2, -0.15) is 0 Å². The van der Waals surface area contributed by atoms with Gasteiger partial charge in [0.25, 0.3) is 5.69 Å². The van der Waals surface area contributed by atoms with Crippen molar-refractivity contribution >= 4 is 23.7 Å². The Morgan fingerprint density at radius 1 is 1.33 bits per heavy atom. The van der Waals surface area contributed by atoms with E-state index in [2.05, 4.69) is 25.7 Å². The summed E-state index contributed by atoms with van der Waals surface area (Å²) in [5.41, 5.74) is 0.225. The average molecular weight is 432 g/mol. The van der Waals surface area contributed by atoms with Gasteiger partial charge in [-0.15, -0.1) is 0 Å². The van der Waals surface area contributed by atoms with Crippen molar-refractivity contribution in [2.45, 2.75) is 63.9 Å². The Kier molecular flexibility index (Phi) is 7.43. The second-order valence-corrected chi connectivity index (χ2v) is 9.27. The first-order valence-electron chi connectivity index (χ1n) is 10.6. The third kappa shape index (κ3) is 4.98. The lowest BCUT2D eigenvalue weighted by Gasteiger charge is -2.45. The zero-order chi connectivity index (χ0) is 21.7.